The van der Waals surface area contributed by atoms with Crippen molar-refractivity contribution >= 4 is 69.2 Å². The molecule has 7 nitrogen and oxygen atoms in total. The van der Waals surface area contributed by atoms with Crippen LogP contribution in [0.3, 0.4) is 0 Å². The van der Waals surface area contributed by atoms with Gasteiger partial charge in [-0.05, 0) is 18.2 Å². The number of phenolic OH excluding ortho intramolecular Hbond substituents is 4. The van der Waals surface area contributed by atoms with Gasteiger partial charge in [0.25, 0.3) is 0 Å². The molecule has 0 aliphatic carbocycles. The summed E-state index contributed by atoms with van der Waals surface area (Å²) < 4.78 is 5.35. The first-order valence-electron chi connectivity index (χ1n) is 6.12. The van der Waals surface area contributed by atoms with E-state index in [2.05, 4.69) is 0 Å². The molecule has 0 saturated carbocycles. The third kappa shape index (κ3) is 3.09. The van der Waals surface area contributed by atoms with E-state index in [0.717, 1.165) is 24.3 Å². The predicted molar refractivity (Wildman–Crippen MR) is 83.4 cm³/mol. The Morgan fingerprint density at radius 2 is 1.52 bits per heavy atom. The number of hydrogen-bond donors (Lipinski definition) is 5. The first-order chi connectivity index (χ1) is 10.4. The molecular weight excluding hydrogens is 378 g/mol. The van der Waals surface area contributed by atoms with Gasteiger partial charge in [0.15, 0.2) is 17.3 Å². The summed E-state index contributed by atoms with van der Waals surface area (Å²) in [5, 5.41) is 47.6. The molecule has 3 aromatic rings. The second-order valence-electron chi connectivity index (χ2n) is 4.65. The Bertz CT molecular complexity index is 962. The summed E-state index contributed by atoms with van der Waals surface area (Å²) in [6.07, 6.45) is 0. The Morgan fingerprint density at radius 3 is 2.17 bits per heavy atom. The van der Waals surface area contributed by atoms with Crippen LogP contribution >= 0.6 is 0 Å². The Kier molecular flexibility index (Phi) is 5.05. The summed E-state index contributed by atoms with van der Waals surface area (Å²) in [5.41, 5.74) is -0.890. The topological polar surface area (TPSA) is 131 Å². The van der Waals surface area contributed by atoms with Crippen LogP contribution < -0.4 is 5.43 Å². The van der Waals surface area contributed by atoms with Crippen LogP contribution in [0, 0.1) is 0 Å². The first-order valence-corrected chi connectivity index (χ1v) is 6.12. The fourth-order valence-corrected chi connectivity index (χ4v) is 2.14. The Morgan fingerprint density at radius 1 is 0.826 bits per heavy atom. The van der Waals surface area contributed by atoms with Crippen LogP contribution in [0.2, 0.25) is 0 Å². The second-order valence-corrected chi connectivity index (χ2v) is 4.65. The van der Waals surface area contributed by atoms with Gasteiger partial charge in [-0.1, -0.05) is 0 Å². The van der Waals surface area contributed by atoms with Crippen molar-refractivity contribution in [3.8, 4) is 40.1 Å². The molecule has 1 aromatic heterocycles. The molecule has 23 heavy (non-hydrogen) atoms. The maximum atomic E-state index is 12.1. The molecule has 0 unspecified atom stereocenters. The van der Waals surface area contributed by atoms with Crippen molar-refractivity contribution in [1.29, 1.82) is 0 Å². The van der Waals surface area contributed by atoms with Crippen molar-refractivity contribution in [1.82, 2.24) is 0 Å². The second kappa shape index (κ2) is 6.52. The fourth-order valence-electron chi connectivity index (χ4n) is 2.14. The number of hydrogen-bond acceptors (Lipinski definition) is 7. The average molecular weight is 389 g/mol. The molecule has 0 aliphatic rings. The van der Waals surface area contributed by atoms with Crippen LogP contribution in [0.25, 0.3) is 22.3 Å². The molecule has 0 bridgehead atoms. The van der Waals surface area contributed by atoms with Crippen molar-refractivity contribution in [2.75, 3.05) is 0 Å². The average Bonchev–Trinajstić information content (AvgIpc) is 2.45. The quantitative estimate of drug-likeness (QED) is 0.397. The van der Waals surface area contributed by atoms with Gasteiger partial charge in [-0.15, -0.1) is 0 Å². The van der Waals surface area contributed by atoms with Gasteiger partial charge in [-0.2, -0.15) is 0 Å². The minimum absolute atomic E-state index is 0. The van der Waals surface area contributed by atoms with E-state index in [-0.39, 0.29) is 92.0 Å². The van der Waals surface area contributed by atoms with E-state index in [1.165, 1.54) is 6.07 Å². The molecule has 1 heterocycles. The Hall–Kier alpha value is -1.54. The monoisotopic (exact) mass is 388 g/mol. The Labute approximate surface area is 177 Å². The molecule has 0 fully saturated rings. The Balaban J connectivity index is 0.00000192. The molecular formula is C15H11O7Rb. The summed E-state index contributed by atoms with van der Waals surface area (Å²) in [6.45, 7) is 0. The van der Waals surface area contributed by atoms with E-state index < -0.39 is 22.7 Å². The van der Waals surface area contributed by atoms with Crippen LogP contribution in [-0.4, -0.2) is 83.7 Å². The first kappa shape index (κ1) is 17.8. The van der Waals surface area contributed by atoms with Gasteiger partial charge < -0.3 is 29.9 Å². The zero-order valence-electron chi connectivity index (χ0n) is 10.9. The van der Waals surface area contributed by atoms with Gasteiger partial charge in [-0.25, -0.2) is 0 Å². The SMILES string of the molecule is O=c1c(O)c(-c2ccc(O)c(O)c2)oc2cc(O)cc(O)c12.[RbH]. The molecule has 114 valence electrons. The van der Waals surface area contributed by atoms with E-state index in [1.807, 2.05) is 0 Å². The maximum absolute atomic E-state index is 12.1. The predicted octanol–water partition coefficient (Wildman–Crippen LogP) is 1.34. The van der Waals surface area contributed by atoms with Crippen LogP contribution in [0.4, 0.5) is 0 Å². The molecule has 0 amide bonds. The van der Waals surface area contributed by atoms with Gasteiger partial charge in [0.2, 0.25) is 11.2 Å². The molecule has 5 N–H and O–H groups in total. The molecule has 8 heteroatoms. The van der Waals surface area contributed by atoms with Crippen LogP contribution in [-0.2, 0) is 0 Å². The number of rotatable bonds is 1. The minimum atomic E-state index is -0.888. The zero-order valence-corrected chi connectivity index (χ0v) is 10.9. The van der Waals surface area contributed by atoms with E-state index >= 15 is 0 Å². The van der Waals surface area contributed by atoms with Gasteiger partial charge in [-0.3, -0.25) is 4.79 Å². The number of benzene rings is 2. The van der Waals surface area contributed by atoms with Crippen molar-refractivity contribution in [3.05, 3.63) is 40.6 Å². The molecule has 3 rings (SSSR count). The summed E-state index contributed by atoms with van der Waals surface area (Å²) in [6, 6.07) is 5.64. The number of phenols is 4. The standard InChI is InChI=1S/C15H10O7.Rb.H/c16-7-4-10(19)12-11(5-7)22-15(14(21)13(12)20)6-1-2-8(17)9(18)3-6;;/h1-5,16-19,21H;;. The van der Waals surface area contributed by atoms with E-state index in [1.54, 1.807) is 0 Å². The molecule has 2 aromatic carbocycles. The van der Waals surface area contributed by atoms with Crippen molar-refractivity contribution in [3.63, 3.8) is 0 Å². The van der Waals surface area contributed by atoms with Crippen LogP contribution in [0.15, 0.2) is 39.5 Å². The zero-order chi connectivity index (χ0) is 16.0. The summed E-state index contributed by atoms with van der Waals surface area (Å²) in [5.74, 6) is -2.71. The fraction of sp³-hybridized carbons (Fsp3) is 0. The summed E-state index contributed by atoms with van der Waals surface area (Å²) in [4.78, 5) is 12.1. The number of fused-ring (bicyclic) bond motifs is 1. The van der Waals surface area contributed by atoms with Gasteiger partial charge in [0, 0.05) is 17.7 Å². The molecule has 0 aliphatic heterocycles. The van der Waals surface area contributed by atoms with Gasteiger partial charge in [0.05, 0.1) is 0 Å². The van der Waals surface area contributed by atoms with Crippen molar-refractivity contribution in [2.45, 2.75) is 0 Å². The summed E-state index contributed by atoms with van der Waals surface area (Å²) >= 11 is 0. The molecule has 0 saturated heterocycles. The normalized spacial score (nSPS) is 10.4. The number of aromatic hydroxyl groups is 5. The van der Waals surface area contributed by atoms with Crippen molar-refractivity contribution < 1.29 is 29.9 Å². The third-order valence-electron chi connectivity index (χ3n) is 3.17. The van der Waals surface area contributed by atoms with Gasteiger partial charge >= 0.3 is 58.2 Å². The van der Waals surface area contributed by atoms with E-state index in [4.69, 9.17) is 4.42 Å². The third-order valence-corrected chi connectivity index (χ3v) is 3.17. The van der Waals surface area contributed by atoms with Crippen molar-refractivity contribution in [2.24, 2.45) is 0 Å². The van der Waals surface area contributed by atoms with E-state index in [0.29, 0.717) is 0 Å². The molecule has 0 radical (unpaired) electrons. The van der Waals surface area contributed by atoms with Crippen LogP contribution in [0.1, 0.15) is 0 Å². The molecule has 0 atom stereocenters. The van der Waals surface area contributed by atoms with Crippen LogP contribution in [0.5, 0.6) is 28.7 Å². The van der Waals surface area contributed by atoms with Gasteiger partial charge in [0.1, 0.15) is 22.5 Å². The molecule has 0 spiro atoms. The van der Waals surface area contributed by atoms with E-state index in [9.17, 15) is 30.3 Å². The summed E-state index contributed by atoms with van der Waals surface area (Å²) in [7, 11) is 0.